The number of halogens is 2. The van der Waals surface area contributed by atoms with Crippen LogP contribution in [0, 0.1) is 6.92 Å². The smallest absolute Gasteiger partial charge is 0.125 e. The van der Waals surface area contributed by atoms with E-state index in [9.17, 15) is 0 Å². The van der Waals surface area contributed by atoms with Gasteiger partial charge >= 0.3 is 0 Å². The fourth-order valence-electron chi connectivity index (χ4n) is 2.80. The van der Waals surface area contributed by atoms with Crippen LogP contribution >= 0.6 is 27.5 Å². The largest absolute Gasteiger partial charge is 0.319 e. The SMILES string of the molecule is Cc1cccc2nc(CCl)n(C(C)c3cccc(Br)c3)c12. The van der Waals surface area contributed by atoms with E-state index in [0.29, 0.717) is 5.88 Å². The maximum absolute atomic E-state index is 6.13. The molecule has 1 atom stereocenters. The van der Waals surface area contributed by atoms with Gasteiger partial charge in [0.2, 0.25) is 0 Å². The van der Waals surface area contributed by atoms with E-state index in [0.717, 1.165) is 15.8 Å². The number of aryl methyl sites for hydroxylation is 1. The Bertz CT molecular complexity index is 795. The second-order valence-electron chi connectivity index (χ2n) is 5.21. The zero-order chi connectivity index (χ0) is 15.0. The highest BCUT2D eigenvalue weighted by atomic mass is 79.9. The Labute approximate surface area is 137 Å². The van der Waals surface area contributed by atoms with Crippen LogP contribution in [-0.4, -0.2) is 9.55 Å². The molecule has 1 aromatic heterocycles. The molecule has 0 saturated heterocycles. The monoisotopic (exact) mass is 362 g/mol. The Hall–Kier alpha value is -1.32. The third kappa shape index (κ3) is 2.60. The molecule has 0 saturated carbocycles. The lowest BCUT2D eigenvalue weighted by molar-refractivity contribution is 0.632. The minimum Gasteiger partial charge on any atom is -0.319 e. The maximum Gasteiger partial charge on any atom is 0.125 e. The maximum atomic E-state index is 6.13. The Morgan fingerprint density at radius 2 is 2.00 bits per heavy atom. The molecule has 3 aromatic rings. The summed E-state index contributed by atoms with van der Waals surface area (Å²) < 4.78 is 3.33. The molecule has 0 bridgehead atoms. The number of imidazole rings is 1. The van der Waals surface area contributed by atoms with Crippen LogP contribution in [0.25, 0.3) is 11.0 Å². The minimum atomic E-state index is 0.183. The molecule has 0 fully saturated rings. The number of para-hydroxylation sites is 1. The summed E-state index contributed by atoms with van der Waals surface area (Å²) in [6.45, 7) is 4.30. The van der Waals surface area contributed by atoms with Crippen molar-refractivity contribution < 1.29 is 0 Å². The minimum absolute atomic E-state index is 0.183. The summed E-state index contributed by atoms with van der Waals surface area (Å²) in [6, 6.07) is 14.8. The molecule has 0 radical (unpaired) electrons. The van der Waals surface area contributed by atoms with Crippen LogP contribution in [0.15, 0.2) is 46.9 Å². The first-order chi connectivity index (χ1) is 10.1. The lowest BCUT2D eigenvalue weighted by atomic mass is 10.1. The molecule has 0 aliphatic heterocycles. The Balaban J connectivity index is 2.23. The summed E-state index contributed by atoms with van der Waals surface area (Å²) in [7, 11) is 0. The van der Waals surface area contributed by atoms with E-state index in [1.807, 2.05) is 18.2 Å². The standard InChI is InChI=1S/C17H16BrClN2/c1-11-5-3-8-15-17(11)21(16(10-19)20-15)12(2)13-6-4-7-14(18)9-13/h3-9,12H,10H2,1-2H3. The molecule has 2 nitrogen and oxygen atoms in total. The summed E-state index contributed by atoms with van der Waals surface area (Å²) in [5.41, 5.74) is 4.63. The van der Waals surface area contributed by atoms with Crippen LogP contribution in [0.1, 0.15) is 29.9 Å². The van der Waals surface area contributed by atoms with Gasteiger partial charge in [-0.3, -0.25) is 0 Å². The van der Waals surface area contributed by atoms with E-state index in [2.05, 4.69) is 63.6 Å². The fraction of sp³-hybridized carbons (Fsp3) is 0.235. The van der Waals surface area contributed by atoms with Gasteiger partial charge in [-0.25, -0.2) is 4.98 Å². The van der Waals surface area contributed by atoms with Crippen molar-refractivity contribution >= 4 is 38.6 Å². The van der Waals surface area contributed by atoms with E-state index >= 15 is 0 Å². The third-order valence-electron chi connectivity index (χ3n) is 3.82. The second kappa shape index (κ2) is 5.82. The van der Waals surface area contributed by atoms with E-state index in [1.165, 1.54) is 16.6 Å². The normalized spacial score (nSPS) is 12.8. The fourth-order valence-corrected chi connectivity index (χ4v) is 3.40. The molecule has 0 aliphatic carbocycles. The summed E-state index contributed by atoms with van der Waals surface area (Å²) >= 11 is 9.67. The molecule has 0 amide bonds. The highest BCUT2D eigenvalue weighted by Crippen LogP contribution is 2.29. The van der Waals surface area contributed by atoms with Gasteiger partial charge in [0.25, 0.3) is 0 Å². The average molecular weight is 364 g/mol. The van der Waals surface area contributed by atoms with Crippen molar-refractivity contribution in [2.24, 2.45) is 0 Å². The van der Waals surface area contributed by atoms with Gasteiger partial charge in [0.15, 0.2) is 0 Å². The van der Waals surface area contributed by atoms with Gasteiger partial charge < -0.3 is 4.57 Å². The lowest BCUT2D eigenvalue weighted by Gasteiger charge is -2.18. The van der Waals surface area contributed by atoms with Gasteiger partial charge in [0.05, 0.1) is 23.0 Å². The van der Waals surface area contributed by atoms with Crippen LogP contribution in [0.4, 0.5) is 0 Å². The van der Waals surface area contributed by atoms with Crippen LogP contribution in [-0.2, 0) is 5.88 Å². The van der Waals surface area contributed by atoms with Crippen LogP contribution in [0.5, 0.6) is 0 Å². The van der Waals surface area contributed by atoms with Crippen molar-refractivity contribution in [2.75, 3.05) is 0 Å². The number of fused-ring (bicyclic) bond motifs is 1. The molecule has 0 aliphatic rings. The number of benzene rings is 2. The second-order valence-corrected chi connectivity index (χ2v) is 6.39. The first-order valence-corrected chi connectivity index (χ1v) is 8.22. The van der Waals surface area contributed by atoms with E-state index in [4.69, 9.17) is 11.6 Å². The molecule has 4 heteroatoms. The number of nitrogens with zero attached hydrogens (tertiary/aromatic N) is 2. The molecule has 2 aromatic carbocycles. The highest BCUT2D eigenvalue weighted by Gasteiger charge is 2.18. The Morgan fingerprint density at radius 3 is 2.71 bits per heavy atom. The summed E-state index contributed by atoms with van der Waals surface area (Å²) in [4.78, 5) is 4.68. The van der Waals surface area contributed by atoms with Crippen molar-refractivity contribution in [1.29, 1.82) is 0 Å². The zero-order valence-electron chi connectivity index (χ0n) is 12.0. The van der Waals surface area contributed by atoms with Crippen LogP contribution in [0.3, 0.4) is 0 Å². The Morgan fingerprint density at radius 1 is 1.24 bits per heavy atom. The molecule has 0 spiro atoms. The van der Waals surface area contributed by atoms with Gasteiger partial charge in [0, 0.05) is 4.47 Å². The summed E-state index contributed by atoms with van der Waals surface area (Å²) in [5, 5.41) is 0. The number of hydrogen-bond acceptors (Lipinski definition) is 1. The molecule has 3 rings (SSSR count). The van der Waals surface area contributed by atoms with E-state index in [-0.39, 0.29) is 6.04 Å². The van der Waals surface area contributed by atoms with Crippen LogP contribution < -0.4 is 0 Å². The number of rotatable bonds is 3. The predicted molar refractivity (Wildman–Crippen MR) is 92.0 cm³/mol. The van der Waals surface area contributed by atoms with Crippen molar-refractivity contribution in [2.45, 2.75) is 25.8 Å². The summed E-state index contributed by atoms with van der Waals surface area (Å²) in [6.07, 6.45) is 0. The highest BCUT2D eigenvalue weighted by molar-refractivity contribution is 9.10. The Kier molecular flexibility index (Phi) is 4.05. The quantitative estimate of drug-likeness (QED) is 0.565. The van der Waals surface area contributed by atoms with Gasteiger partial charge in [-0.2, -0.15) is 0 Å². The molecule has 108 valence electrons. The number of alkyl halides is 1. The summed E-state index contributed by atoms with van der Waals surface area (Å²) in [5.74, 6) is 1.32. The molecule has 21 heavy (non-hydrogen) atoms. The van der Waals surface area contributed by atoms with Crippen molar-refractivity contribution in [1.82, 2.24) is 9.55 Å². The van der Waals surface area contributed by atoms with Gasteiger partial charge in [-0.15, -0.1) is 11.6 Å². The van der Waals surface area contributed by atoms with Crippen molar-refractivity contribution in [3.05, 3.63) is 63.9 Å². The van der Waals surface area contributed by atoms with Crippen LogP contribution in [0.2, 0.25) is 0 Å². The van der Waals surface area contributed by atoms with Gasteiger partial charge in [0.1, 0.15) is 5.82 Å². The van der Waals surface area contributed by atoms with Gasteiger partial charge in [-0.1, -0.05) is 40.2 Å². The number of hydrogen-bond donors (Lipinski definition) is 0. The van der Waals surface area contributed by atoms with Gasteiger partial charge in [-0.05, 0) is 43.2 Å². The first kappa shape index (κ1) is 14.6. The predicted octanol–water partition coefficient (Wildman–Crippen LogP) is 5.46. The van der Waals surface area contributed by atoms with E-state index < -0.39 is 0 Å². The van der Waals surface area contributed by atoms with Crippen molar-refractivity contribution in [3.63, 3.8) is 0 Å². The molecule has 1 heterocycles. The molecular weight excluding hydrogens is 348 g/mol. The third-order valence-corrected chi connectivity index (χ3v) is 4.56. The molecule has 1 unspecified atom stereocenters. The van der Waals surface area contributed by atoms with E-state index in [1.54, 1.807) is 0 Å². The molecule has 0 N–H and O–H groups in total. The van der Waals surface area contributed by atoms with Crippen molar-refractivity contribution in [3.8, 4) is 0 Å². The average Bonchev–Trinajstić information content (AvgIpc) is 2.86. The lowest BCUT2D eigenvalue weighted by Crippen LogP contribution is -2.10. The zero-order valence-corrected chi connectivity index (χ0v) is 14.3. The first-order valence-electron chi connectivity index (χ1n) is 6.89. The topological polar surface area (TPSA) is 17.8 Å². The number of aromatic nitrogens is 2. The molecular formula is C17H16BrClN2.